The summed E-state index contributed by atoms with van der Waals surface area (Å²) in [6.45, 7) is -1.28. The lowest BCUT2D eigenvalue weighted by Gasteiger charge is -2.32. The molecule has 5 saturated heterocycles. The lowest BCUT2D eigenvalue weighted by Crippen LogP contribution is -2.56. The van der Waals surface area contributed by atoms with E-state index in [9.17, 15) is 53.4 Å². The number of β-amino-alcohol motifs (C(OH)–C–C–N with tert-alkyl or cyclic N) is 2. The number of carbonyl (C=O) groups is 9. The zero-order valence-corrected chi connectivity index (χ0v) is 33.4. The van der Waals surface area contributed by atoms with Crippen LogP contribution in [-0.2, 0) is 43.2 Å². The number of amides is 8. The van der Waals surface area contributed by atoms with Gasteiger partial charge in [-0.25, -0.2) is 0 Å². The highest BCUT2D eigenvalue weighted by Gasteiger charge is 2.47. The summed E-state index contributed by atoms with van der Waals surface area (Å²) < 4.78 is 0. The SMILES string of the molecule is CSCC[C@H](N)C(=O)N1CCC[C@H]1C(=O)NCC(=O)N1C[C@H](O)C[C@H]1C(=O)N1CCC[C@H]1C(=O)NCC(=O)N1C[C@H](O)C[C@H]1C(=O)N1CCC[C@H]1C(=O)NCC(=O)O. The van der Waals surface area contributed by atoms with Gasteiger partial charge >= 0.3 is 5.97 Å². The summed E-state index contributed by atoms with van der Waals surface area (Å²) in [6, 6.07) is -5.71. The van der Waals surface area contributed by atoms with Gasteiger partial charge in [-0.3, -0.25) is 43.2 Å². The number of hydrogen-bond acceptors (Lipinski definition) is 13. The van der Waals surface area contributed by atoms with E-state index < -0.39 is 115 Å². The van der Waals surface area contributed by atoms with E-state index in [4.69, 9.17) is 10.8 Å². The number of nitrogens with zero attached hydrogens (tertiary/aromatic N) is 5. The van der Waals surface area contributed by atoms with Crippen molar-refractivity contribution in [1.82, 2.24) is 40.4 Å². The van der Waals surface area contributed by atoms with Crippen LogP contribution in [0.3, 0.4) is 0 Å². The smallest absolute Gasteiger partial charge is 0.322 e. The van der Waals surface area contributed by atoms with Gasteiger partial charge in [0.15, 0.2) is 0 Å². The van der Waals surface area contributed by atoms with Gasteiger partial charge in [0.2, 0.25) is 47.3 Å². The van der Waals surface area contributed by atoms with Crippen molar-refractivity contribution in [2.45, 2.75) is 106 Å². The molecule has 0 aliphatic carbocycles. The highest BCUT2D eigenvalue weighted by molar-refractivity contribution is 7.98. The van der Waals surface area contributed by atoms with Gasteiger partial charge in [0.25, 0.3) is 0 Å². The predicted molar refractivity (Wildman–Crippen MR) is 204 cm³/mol. The van der Waals surface area contributed by atoms with Crippen molar-refractivity contribution in [2.24, 2.45) is 5.73 Å². The third-order valence-electron chi connectivity index (χ3n) is 11.5. The Labute approximate surface area is 339 Å². The Kier molecular flexibility index (Phi) is 15.3. The maximum atomic E-state index is 13.9. The molecule has 5 fully saturated rings. The Hall–Kier alpha value is -4.54. The van der Waals surface area contributed by atoms with Crippen molar-refractivity contribution in [2.75, 3.05) is 64.4 Å². The average molecular weight is 838 g/mol. The van der Waals surface area contributed by atoms with E-state index in [-0.39, 0.29) is 51.3 Å². The number of rotatable bonds is 15. The van der Waals surface area contributed by atoms with Gasteiger partial charge in [-0.05, 0) is 57.0 Å². The molecule has 22 heteroatoms. The molecule has 322 valence electrons. The van der Waals surface area contributed by atoms with E-state index in [1.165, 1.54) is 19.6 Å². The minimum absolute atomic E-state index is 0.0908. The van der Waals surface area contributed by atoms with Crippen LogP contribution >= 0.6 is 11.8 Å². The second-order valence-corrected chi connectivity index (χ2v) is 16.4. The minimum atomic E-state index is -1.25. The average Bonchev–Trinajstić information content (AvgIpc) is 4.05. The molecule has 8 atom stereocenters. The van der Waals surface area contributed by atoms with Crippen LogP contribution in [0.1, 0.15) is 57.8 Å². The molecule has 5 heterocycles. The molecule has 0 spiro atoms. The number of hydrogen-bond donors (Lipinski definition) is 7. The number of carboxylic acid groups (broad SMARTS) is 1. The summed E-state index contributed by atoms with van der Waals surface area (Å²) >= 11 is 1.56. The Morgan fingerprint density at radius 1 is 0.621 bits per heavy atom. The number of carboxylic acids is 1. The van der Waals surface area contributed by atoms with Crippen molar-refractivity contribution in [3.63, 3.8) is 0 Å². The van der Waals surface area contributed by atoms with Crippen LogP contribution in [-0.4, -0.2) is 206 Å². The van der Waals surface area contributed by atoms with Crippen molar-refractivity contribution < 1.29 is 58.5 Å². The molecule has 0 aromatic rings. The van der Waals surface area contributed by atoms with Gasteiger partial charge in [0.1, 0.15) is 36.8 Å². The quantitative estimate of drug-likeness (QED) is 0.0818. The Balaban J connectivity index is 1.14. The summed E-state index contributed by atoms with van der Waals surface area (Å²) in [7, 11) is 0. The van der Waals surface area contributed by atoms with Crippen molar-refractivity contribution in [3.05, 3.63) is 0 Å². The van der Waals surface area contributed by atoms with Gasteiger partial charge in [0, 0.05) is 45.6 Å². The van der Waals surface area contributed by atoms with Gasteiger partial charge in [-0.1, -0.05) is 0 Å². The molecule has 21 nitrogen and oxygen atoms in total. The van der Waals surface area contributed by atoms with Crippen molar-refractivity contribution in [1.29, 1.82) is 0 Å². The number of aliphatic carboxylic acids is 1. The Bertz CT molecular complexity index is 1620. The summed E-state index contributed by atoms with van der Waals surface area (Å²) in [4.78, 5) is 124. The summed E-state index contributed by atoms with van der Waals surface area (Å²) in [5, 5.41) is 37.2. The number of thioether (sulfide) groups is 1. The third-order valence-corrected chi connectivity index (χ3v) is 12.1. The van der Waals surface area contributed by atoms with Gasteiger partial charge in [-0.2, -0.15) is 11.8 Å². The monoisotopic (exact) mass is 837 g/mol. The number of likely N-dealkylation sites (tertiary alicyclic amines) is 5. The molecule has 0 aromatic carbocycles. The molecule has 0 unspecified atom stereocenters. The fourth-order valence-corrected chi connectivity index (χ4v) is 9.05. The third kappa shape index (κ3) is 10.4. The Morgan fingerprint density at radius 2 is 1.02 bits per heavy atom. The zero-order chi connectivity index (χ0) is 42.3. The highest BCUT2D eigenvalue weighted by atomic mass is 32.2. The zero-order valence-electron chi connectivity index (χ0n) is 32.6. The first-order chi connectivity index (χ1) is 27.6. The van der Waals surface area contributed by atoms with E-state index in [0.29, 0.717) is 50.8 Å². The summed E-state index contributed by atoms with van der Waals surface area (Å²) in [6.07, 6.45) is 2.59. The molecule has 0 bridgehead atoms. The summed E-state index contributed by atoms with van der Waals surface area (Å²) in [5.74, 6) is -5.15. The molecule has 58 heavy (non-hydrogen) atoms. The minimum Gasteiger partial charge on any atom is -0.480 e. The Morgan fingerprint density at radius 3 is 1.43 bits per heavy atom. The molecule has 0 aromatic heterocycles. The topological polar surface area (TPSA) is 293 Å². The maximum absolute atomic E-state index is 13.9. The normalized spacial score (nSPS) is 27.4. The van der Waals surface area contributed by atoms with Crippen molar-refractivity contribution >= 4 is 65.0 Å². The van der Waals surface area contributed by atoms with Crippen LogP contribution in [0.2, 0.25) is 0 Å². The first-order valence-electron chi connectivity index (χ1n) is 19.8. The van der Waals surface area contributed by atoms with E-state index in [0.717, 1.165) is 4.90 Å². The first kappa shape index (κ1) is 44.6. The molecular weight excluding hydrogens is 783 g/mol. The van der Waals surface area contributed by atoms with Crippen LogP contribution in [0.4, 0.5) is 0 Å². The van der Waals surface area contributed by atoms with Crippen LogP contribution in [0, 0.1) is 0 Å². The fourth-order valence-electron chi connectivity index (χ4n) is 8.57. The molecule has 0 saturated carbocycles. The van der Waals surface area contributed by atoms with E-state index in [1.54, 1.807) is 11.8 Å². The lowest BCUT2D eigenvalue weighted by atomic mass is 10.1. The molecule has 8 N–H and O–H groups in total. The number of carbonyl (C=O) groups excluding carboxylic acids is 8. The molecule has 5 aliphatic rings. The van der Waals surface area contributed by atoms with Crippen LogP contribution in [0.25, 0.3) is 0 Å². The molecule has 8 amide bonds. The molecule has 5 rings (SSSR count). The van der Waals surface area contributed by atoms with Crippen molar-refractivity contribution in [3.8, 4) is 0 Å². The second kappa shape index (κ2) is 19.9. The number of nitrogens with two attached hydrogens (primary N) is 1. The van der Waals surface area contributed by atoms with Crippen LogP contribution in [0.15, 0.2) is 0 Å². The largest absolute Gasteiger partial charge is 0.480 e. The maximum Gasteiger partial charge on any atom is 0.322 e. The second-order valence-electron chi connectivity index (χ2n) is 15.4. The number of aliphatic hydroxyl groups is 2. The standard InChI is InChI=1S/C36H55N9O12S/c1-58-12-8-22(37)34(55)41-9-2-5-23(41)31(52)38-15-28(48)44-18-20(46)13-26(44)35(56)42-10-3-6-24(42)32(53)39-16-29(49)45-19-21(47)14-27(45)36(57)43-11-4-7-25(43)33(54)40-17-30(50)51/h20-27,46-47H,2-19,37H2,1H3,(H,38,52)(H,39,53)(H,40,54)(H,50,51)/t20-,21-,22+,23+,24+,25+,26+,27+/m1/s1. The van der Waals surface area contributed by atoms with E-state index in [2.05, 4.69) is 16.0 Å². The number of aliphatic hydroxyl groups excluding tert-OH is 2. The van der Waals surface area contributed by atoms with Gasteiger partial charge < -0.3 is 61.5 Å². The lowest BCUT2D eigenvalue weighted by molar-refractivity contribution is -0.148. The predicted octanol–water partition coefficient (Wildman–Crippen LogP) is -4.60. The van der Waals surface area contributed by atoms with Gasteiger partial charge in [-0.15, -0.1) is 0 Å². The van der Waals surface area contributed by atoms with E-state index >= 15 is 0 Å². The van der Waals surface area contributed by atoms with E-state index in [1.807, 2.05) is 6.26 Å². The molecular formula is C36H55N9O12S. The highest BCUT2D eigenvalue weighted by Crippen LogP contribution is 2.28. The summed E-state index contributed by atoms with van der Waals surface area (Å²) in [5.41, 5.74) is 6.06. The molecule has 5 aliphatic heterocycles. The molecule has 0 radical (unpaired) electrons. The first-order valence-corrected chi connectivity index (χ1v) is 21.2. The van der Waals surface area contributed by atoms with Gasteiger partial charge in [0.05, 0.1) is 31.3 Å². The fraction of sp³-hybridized carbons (Fsp3) is 0.750. The van der Waals surface area contributed by atoms with Crippen LogP contribution < -0.4 is 21.7 Å². The van der Waals surface area contributed by atoms with Crippen LogP contribution in [0.5, 0.6) is 0 Å². The number of nitrogens with one attached hydrogen (secondary N) is 3.